The molecule has 1 N–H and O–H groups in total. The molecule has 2 rings (SSSR count). The third kappa shape index (κ3) is 5.70. The summed E-state index contributed by atoms with van der Waals surface area (Å²) in [5, 5.41) is 16.1. The molecule has 0 aliphatic carbocycles. The molecule has 10 heteroatoms. The van der Waals surface area contributed by atoms with Gasteiger partial charge in [-0.2, -0.15) is 0 Å². The quantitative estimate of drug-likeness (QED) is 0.518. The highest BCUT2D eigenvalue weighted by atomic mass is 35.5. The zero-order valence-corrected chi connectivity index (χ0v) is 16.2. The van der Waals surface area contributed by atoms with Crippen LogP contribution in [0.1, 0.15) is 12.5 Å². The van der Waals surface area contributed by atoms with Gasteiger partial charge < -0.3 is 14.8 Å². The van der Waals surface area contributed by atoms with Gasteiger partial charge in [-0.25, -0.2) is 4.68 Å². The molecule has 134 valence electrons. The molecular weight excluding hydrogens is 373 g/mol. The summed E-state index contributed by atoms with van der Waals surface area (Å²) in [7, 11) is 3.43. The molecule has 0 saturated carbocycles. The highest BCUT2D eigenvalue weighted by Gasteiger charge is 2.12. The molecule has 0 radical (unpaired) electrons. The first-order valence-corrected chi connectivity index (χ1v) is 8.57. The molecule has 1 aromatic heterocycles. The number of aryl methyl sites for hydroxylation is 1. The molecule has 0 spiro atoms. The van der Waals surface area contributed by atoms with Crippen molar-refractivity contribution in [2.24, 2.45) is 7.05 Å². The number of hydrogen-bond donors (Lipinski definition) is 1. The van der Waals surface area contributed by atoms with Crippen molar-refractivity contribution in [2.45, 2.75) is 18.6 Å². The Bertz CT molecular complexity index is 642. The van der Waals surface area contributed by atoms with Gasteiger partial charge in [0.1, 0.15) is 0 Å². The lowest BCUT2D eigenvalue weighted by Gasteiger charge is -2.15. The van der Waals surface area contributed by atoms with Crippen molar-refractivity contribution in [3.8, 4) is 11.5 Å². The first-order valence-electron chi connectivity index (χ1n) is 7.20. The van der Waals surface area contributed by atoms with Crippen LogP contribution in [0.2, 0.25) is 5.02 Å². The molecule has 0 saturated heterocycles. The van der Waals surface area contributed by atoms with E-state index in [1.165, 1.54) is 0 Å². The summed E-state index contributed by atoms with van der Waals surface area (Å²) in [5.41, 5.74) is 0.974. The van der Waals surface area contributed by atoms with Gasteiger partial charge in [-0.1, -0.05) is 23.4 Å². The minimum Gasteiger partial charge on any atom is -0.493 e. The number of hydrogen-bond acceptors (Lipinski definition) is 7. The molecule has 0 aliphatic rings. The topological polar surface area (TPSA) is 74.1 Å². The fraction of sp³-hybridized carbons (Fsp3) is 0.500. The maximum Gasteiger partial charge on any atom is 0.209 e. The van der Waals surface area contributed by atoms with Gasteiger partial charge in [-0.15, -0.1) is 17.5 Å². The minimum atomic E-state index is 0. The third-order valence-electron chi connectivity index (χ3n) is 3.01. The Morgan fingerprint density at radius 1 is 1.38 bits per heavy atom. The summed E-state index contributed by atoms with van der Waals surface area (Å²) in [6, 6.07) is 3.65. The zero-order valence-electron chi connectivity index (χ0n) is 13.8. The molecule has 1 heterocycles. The number of methoxy groups -OCH3 is 1. The van der Waals surface area contributed by atoms with Crippen molar-refractivity contribution in [3.05, 3.63) is 22.7 Å². The zero-order chi connectivity index (χ0) is 16.7. The van der Waals surface area contributed by atoms with E-state index in [-0.39, 0.29) is 12.4 Å². The maximum atomic E-state index is 6.13. The SMILES string of the molecule is CCOc1c(CNCCSc2nnnn2C)cc(Cl)cc1OC.Cl. The summed E-state index contributed by atoms with van der Waals surface area (Å²) in [6.45, 7) is 3.96. The first kappa shape index (κ1) is 20.8. The van der Waals surface area contributed by atoms with Crippen LogP contribution in [-0.2, 0) is 13.6 Å². The monoisotopic (exact) mass is 393 g/mol. The summed E-state index contributed by atoms with van der Waals surface area (Å²) in [5.74, 6) is 2.24. The van der Waals surface area contributed by atoms with E-state index in [9.17, 15) is 0 Å². The molecule has 7 nitrogen and oxygen atoms in total. The van der Waals surface area contributed by atoms with Crippen molar-refractivity contribution >= 4 is 35.8 Å². The number of halogens is 2. The Kier molecular flexibility index (Phi) is 9.20. The van der Waals surface area contributed by atoms with Crippen LogP contribution in [0.3, 0.4) is 0 Å². The molecule has 0 bridgehead atoms. The summed E-state index contributed by atoms with van der Waals surface area (Å²) in [4.78, 5) is 0. The van der Waals surface area contributed by atoms with Crippen molar-refractivity contribution in [1.82, 2.24) is 25.5 Å². The summed E-state index contributed by atoms with van der Waals surface area (Å²) < 4.78 is 12.7. The van der Waals surface area contributed by atoms with Gasteiger partial charge in [-0.05, 0) is 23.4 Å². The highest BCUT2D eigenvalue weighted by molar-refractivity contribution is 7.99. The lowest BCUT2D eigenvalue weighted by molar-refractivity contribution is 0.307. The third-order valence-corrected chi connectivity index (χ3v) is 4.24. The van der Waals surface area contributed by atoms with Crippen LogP contribution < -0.4 is 14.8 Å². The van der Waals surface area contributed by atoms with Gasteiger partial charge in [0.25, 0.3) is 0 Å². The molecule has 2 aromatic rings. The second-order valence-electron chi connectivity index (χ2n) is 4.64. The van der Waals surface area contributed by atoms with E-state index in [1.807, 2.05) is 20.0 Å². The van der Waals surface area contributed by atoms with Gasteiger partial charge in [-0.3, -0.25) is 0 Å². The van der Waals surface area contributed by atoms with Crippen molar-refractivity contribution in [2.75, 3.05) is 26.0 Å². The maximum absolute atomic E-state index is 6.13. The van der Waals surface area contributed by atoms with Gasteiger partial charge in [0.2, 0.25) is 5.16 Å². The van der Waals surface area contributed by atoms with Gasteiger partial charge in [0.05, 0.1) is 13.7 Å². The lowest BCUT2D eigenvalue weighted by Crippen LogP contribution is -2.17. The molecule has 0 amide bonds. The van der Waals surface area contributed by atoms with Gasteiger partial charge in [0, 0.05) is 42.5 Å². The van der Waals surface area contributed by atoms with E-state index < -0.39 is 0 Å². The number of rotatable bonds is 9. The van der Waals surface area contributed by atoms with E-state index in [1.54, 1.807) is 29.6 Å². The molecule has 1 aromatic carbocycles. The molecule has 0 atom stereocenters. The highest BCUT2D eigenvalue weighted by Crippen LogP contribution is 2.34. The van der Waals surface area contributed by atoms with Crippen molar-refractivity contribution in [1.29, 1.82) is 0 Å². The number of tetrazole rings is 1. The fourth-order valence-electron chi connectivity index (χ4n) is 1.99. The number of nitrogens with one attached hydrogen (secondary N) is 1. The van der Waals surface area contributed by atoms with Crippen LogP contribution in [0, 0.1) is 0 Å². The Labute approximate surface area is 156 Å². The van der Waals surface area contributed by atoms with Crippen LogP contribution >= 0.6 is 35.8 Å². The Hall–Kier alpha value is -1.22. The largest absolute Gasteiger partial charge is 0.493 e. The normalized spacial score (nSPS) is 10.3. The number of benzene rings is 1. The average Bonchev–Trinajstić information content (AvgIpc) is 2.94. The predicted octanol–water partition coefficient (Wildman–Crippen LogP) is 2.57. The van der Waals surface area contributed by atoms with Crippen molar-refractivity contribution < 1.29 is 9.47 Å². The summed E-state index contributed by atoms with van der Waals surface area (Å²) in [6.07, 6.45) is 0. The predicted molar refractivity (Wildman–Crippen MR) is 97.6 cm³/mol. The lowest BCUT2D eigenvalue weighted by atomic mass is 10.2. The number of ether oxygens (including phenoxy) is 2. The number of nitrogens with zero attached hydrogens (tertiary/aromatic N) is 4. The van der Waals surface area contributed by atoms with Crippen LogP contribution in [0.25, 0.3) is 0 Å². The van der Waals surface area contributed by atoms with E-state index in [0.717, 1.165) is 28.8 Å². The minimum absolute atomic E-state index is 0. The number of thioether (sulfide) groups is 1. The van der Waals surface area contributed by atoms with E-state index in [0.29, 0.717) is 23.9 Å². The first-order chi connectivity index (χ1) is 11.2. The van der Waals surface area contributed by atoms with E-state index >= 15 is 0 Å². The van der Waals surface area contributed by atoms with E-state index in [2.05, 4.69) is 20.8 Å². The molecule has 0 fully saturated rings. The van der Waals surface area contributed by atoms with Crippen LogP contribution in [-0.4, -0.2) is 46.2 Å². The standard InChI is InChI=1S/C14H20ClN5O2S.ClH/c1-4-22-13-10(7-11(15)8-12(13)21-3)9-16-5-6-23-14-17-18-19-20(14)2;/h7-8,16H,4-6,9H2,1-3H3;1H. The van der Waals surface area contributed by atoms with Crippen LogP contribution in [0.5, 0.6) is 11.5 Å². The van der Waals surface area contributed by atoms with Crippen LogP contribution in [0.15, 0.2) is 17.3 Å². The Balaban J connectivity index is 0.00000288. The fourth-order valence-corrected chi connectivity index (χ4v) is 2.97. The second-order valence-corrected chi connectivity index (χ2v) is 6.14. The Morgan fingerprint density at radius 3 is 2.79 bits per heavy atom. The average molecular weight is 394 g/mol. The van der Waals surface area contributed by atoms with Gasteiger partial charge in [0.15, 0.2) is 11.5 Å². The molecule has 24 heavy (non-hydrogen) atoms. The van der Waals surface area contributed by atoms with Gasteiger partial charge >= 0.3 is 0 Å². The van der Waals surface area contributed by atoms with Crippen LogP contribution in [0.4, 0.5) is 0 Å². The van der Waals surface area contributed by atoms with E-state index in [4.69, 9.17) is 21.1 Å². The smallest absolute Gasteiger partial charge is 0.209 e. The molecule has 0 aliphatic heterocycles. The molecule has 0 unspecified atom stereocenters. The summed E-state index contributed by atoms with van der Waals surface area (Å²) >= 11 is 7.73. The molecular formula is C14H21Cl2N5O2S. The second kappa shape index (κ2) is 10.6. The van der Waals surface area contributed by atoms with Crippen molar-refractivity contribution in [3.63, 3.8) is 0 Å². The Morgan fingerprint density at radius 2 is 2.17 bits per heavy atom. The number of aromatic nitrogens is 4.